The number of aromatic nitrogens is 3. The van der Waals surface area contributed by atoms with Gasteiger partial charge in [0.25, 0.3) is 5.91 Å². The molecule has 2 aliphatic heterocycles. The molecule has 31 heavy (non-hydrogen) atoms. The van der Waals surface area contributed by atoms with Crippen LogP contribution in [0, 0.1) is 5.82 Å². The molecular formula is C21H28FN5O3S. The Balaban J connectivity index is 1.65. The second kappa shape index (κ2) is 8.66. The number of amides is 1. The summed E-state index contributed by atoms with van der Waals surface area (Å²) in [6.45, 7) is 4.68. The average Bonchev–Trinajstić information content (AvgIpc) is 3.27. The summed E-state index contributed by atoms with van der Waals surface area (Å²) >= 11 is 0. The summed E-state index contributed by atoms with van der Waals surface area (Å²) < 4.78 is 44.2. The Morgan fingerprint density at radius 3 is 2.74 bits per heavy atom. The molecule has 1 saturated heterocycles. The lowest BCUT2D eigenvalue weighted by atomic mass is 10.1. The molecule has 1 unspecified atom stereocenters. The fourth-order valence-corrected chi connectivity index (χ4v) is 5.68. The molecule has 8 nitrogen and oxygen atoms in total. The predicted octanol–water partition coefficient (Wildman–Crippen LogP) is 2.81. The van der Waals surface area contributed by atoms with Crippen molar-refractivity contribution in [1.82, 2.24) is 24.4 Å². The number of nitrogens with zero attached hydrogens (tertiary/aromatic N) is 4. The first-order valence-corrected chi connectivity index (χ1v) is 12.3. The summed E-state index contributed by atoms with van der Waals surface area (Å²) in [5, 5.41) is 8.71. The highest BCUT2D eigenvalue weighted by molar-refractivity contribution is 7.89. The molecule has 1 aromatic heterocycles. The van der Waals surface area contributed by atoms with Gasteiger partial charge in [-0.1, -0.05) is 6.42 Å². The molecule has 3 heterocycles. The Morgan fingerprint density at radius 1 is 1.16 bits per heavy atom. The van der Waals surface area contributed by atoms with Crippen LogP contribution < -0.4 is 4.72 Å². The predicted molar refractivity (Wildman–Crippen MR) is 112 cm³/mol. The molecule has 0 bridgehead atoms. The number of rotatable bonds is 5. The second-order valence-electron chi connectivity index (χ2n) is 8.51. The largest absolute Gasteiger partial charge is 0.328 e. The molecule has 4 rings (SSSR count). The molecule has 168 valence electrons. The highest BCUT2D eigenvalue weighted by Gasteiger charge is 2.36. The molecule has 0 aliphatic carbocycles. The van der Waals surface area contributed by atoms with Gasteiger partial charge in [-0.25, -0.2) is 17.5 Å². The van der Waals surface area contributed by atoms with Gasteiger partial charge in [0.05, 0.1) is 16.5 Å². The number of carbonyl (C=O) groups is 1. The van der Waals surface area contributed by atoms with Crippen LogP contribution in [0.25, 0.3) is 0 Å². The van der Waals surface area contributed by atoms with Crippen molar-refractivity contribution in [2.45, 2.75) is 75.9 Å². The van der Waals surface area contributed by atoms with Crippen LogP contribution in [0.5, 0.6) is 0 Å². The molecule has 1 aromatic carbocycles. The number of hydrogen-bond donors (Lipinski definition) is 1. The number of halogens is 1. The van der Waals surface area contributed by atoms with E-state index in [0.717, 1.165) is 68.9 Å². The zero-order chi connectivity index (χ0) is 22.2. The Labute approximate surface area is 181 Å². The number of nitrogens with one attached hydrogen (secondary N) is 1. The SMILES string of the molecule is CC(C)NS(=O)(=O)c1ccc(F)c(C(=O)N2CCCC2c2nnc3n2CCCCC3)c1. The van der Waals surface area contributed by atoms with E-state index in [1.165, 1.54) is 6.07 Å². The van der Waals surface area contributed by atoms with Gasteiger partial charge < -0.3 is 9.47 Å². The third-order valence-electron chi connectivity index (χ3n) is 5.82. The lowest BCUT2D eigenvalue weighted by molar-refractivity contribution is 0.0722. The first-order chi connectivity index (χ1) is 14.8. The first kappa shape index (κ1) is 21.9. The quantitative estimate of drug-likeness (QED) is 0.757. The zero-order valence-corrected chi connectivity index (χ0v) is 18.7. The van der Waals surface area contributed by atoms with Crippen molar-refractivity contribution in [3.05, 3.63) is 41.2 Å². The Kier molecular flexibility index (Phi) is 6.11. The van der Waals surface area contributed by atoms with Crippen molar-refractivity contribution in [2.75, 3.05) is 6.54 Å². The van der Waals surface area contributed by atoms with Crippen LogP contribution in [-0.4, -0.2) is 46.6 Å². The molecule has 2 aromatic rings. The molecule has 10 heteroatoms. The Morgan fingerprint density at radius 2 is 1.97 bits per heavy atom. The van der Waals surface area contributed by atoms with Crippen LogP contribution in [0.4, 0.5) is 4.39 Å². The van der Waals surface area contributed by atoms with Crippen molar-refractivity contribution < 1.29 is 17.6 Å². The fourth-order valence-electron chi connectivity index (χ4n) is 4.40. The number of aryl methyl sites for hydroxylation is 1. The Bertz CT molecular complexity index is 1080. The van der Waals surface area contributed by atoms with Gasteiger partial charge in [0.1, 0.15) is 11.6 Å². The van der Waals surface area contributed by atoms with Crippen molar-refractivity contribution in [2.24, 2.45) is 0 Å². The van der Waals surface area contributed by atoms with Crippen molar-refractivity contribution in [1.29, 1.82) is 0 Å². The van der Waals surface area contributed by atoms with E-state index in [9.17, 15) is 17.6 Å². The van der Waals surface area contributed by atoms with E-state index in [2.05, 4.69) is 19.5 Å². The van der Waals surface area contributed by atoms with Crippen LogP contribution in [-0.2, 0) is 23.0 Å². The molecule has 0 spiro atoms. The topological polar surface area (TPSA) is 97.2 Å². The second-order valence-corrected chi connectivity index (χ2v) is 10.2. The number of carbonyl (C=O) groups excluding carboxylic acids is 1. The Hall–Kier alpha value is -2.33. The summed E-state index contributed by atoms with van der Waals surface area (Å²) in [5.41, 5.74) is -0.242. The molecule has 1 atom stereocenters. The van der Waals surface area contributed by atoms with Gasteiger partial charge in [-0.05, 0) is 57.7 Å². The average molecular weight is 450 g/mol. The molecule has 1 amide bonds. The van der Waals surface area contributed by atoms with Gasteiger partial charge >= 0.3 is 0 Å². The number of likely N-dealkylation sites (tertiary alicyclic amines) is 1. The van der Waals surface area contributed by atoms with Crippen molar-refractivity contribution in [3.8, 4) is 0 Å². The van der Waals surface area contributed by atoms with E-state index < -0.39 is 21.7 Å². The number of hydrogen-bond acceptors (Lipinski definition) is 5. The molecule has 2 aliphatic rings. The maximum absolute atomic E-state index is 14.6. The van der Waals surface area contributed by atoms with Gasteiger partial charge in [-0.3, -0.25) is 4.79 Å². The van der Waals surface area contributed by atoms with Gasteiger partial charge in [0.15, 0.2) is 5.82 Å². The zero-order valence-electron chi connectivity index (χ0n) is 17.8. The molecule has 1 fully saturated rings. The number of benzene rings is 1. The number of sulfonamides is 1. The molecule has 0 saturated carbocycles. The minimum Gasteiger partial charge on any atom is -0.328 e. The van der Waals surface area contributed by atoms with Gasteiger partial charge in [0, 0.05) is 25.6 Å². The third-order valence-corrected chi connectivity index (χ3v) is 7.48. The van der Waals surface area contributed by atoms with Crippen LogP contribution in [0.2, 0.25) is 0 Å². The van der Waals surface area contributed by atoms with E-state index >= 15 is 0 Å². The maximum atomic E-state index is 14.6. The van der Waals surface area contributed by atoms with Crippen LogP contribution in [0.1, 0.15) is 74.0 Å². The van der Waals surface area contributed by atoms with E-state index in [1.54, 1.807) is 18.7 Å². The standard InChI is InChI=1S/C21H28FN5O3S/c1-14(2)25-31(29,30)15-9-10-17(22)16(13-15)21(28)26-12-6-7-18(26)20-24-23-19-8-4-3-5-11-27(19)20/h9-10,13-14,18,25H,3-8,11-12H2,1-2H3. The first-order valence-electron chi connectivity index (χ1n) is 10.8. The molecule has 1 N–H and O–H groups in total. The lowest BCUT2D eigenvalue weighted by Gasteiger charge is -2.25. The number of fused-ring (bicyclic) bond motifs is 1. The highest BCUT2D eigenvalue weighted by atomic mass is 32.2. The summed E-state index contributed by atoms with van der Waals surface area (Å²) in [7, 11) is -3.84. The maximum Gasteiger partial charge on any atom is 0.257 e. The highest BCUT2D eigenvalue weighted by Crippen LogP contribution is 2.34. The lowest BCUT2D eigenvalue weighted by Crippen LogP contribution is -2.33. The minimum atomic E-state index is -3.84. The van der Waals surface area contributed by atoms with E-state index in [-0.39, 0.29) is 22.5 Å². The summed E-state index contributed by atoms with van der Waals surface area (Å²) in [4.78, 5) is 14.8. The van der Waals surface area contributed by atoms with Crippen LogP contribution >= 0.6 is 0 Å². The third kappa shape index (κ3) is 4.36. The summed E-state index contributed by atoms with van der Waals surface area (Å²) in [5.74, 6) is 0.422. The van der Waals surface area contributed by atoms with Gasteiger partial charge in [0.2, 0.25) is 10.0 Å². The van der Waals surface area contributed by atoms with Crippen molar-refractivity contribution >= 4 is 15.9 Å². The molecule has 0 radical (unpaired) electrons. The van der Waals surface area contributed by atoms with E-state index in [0.29, 0.717) is 6.54 Å². The van der Waals surface area contributed by atoms with Crippen LogP contribution in [0.15, 0.2) is 23.1 Å². The van der Waals surface area contributed by atoms with E-state index in [1.807, 2.05) is 0 Å². The smallest absolute Gasteiger partial charge is 0.257 e. The van der Waals surface area contributed by atoms with Gasteiger partial charge in [-0.2, -0.15) is 0 Å². The normalized spacial score (nSPS) is 19.5. The van der Waals surface area contributed by atoms with Gasteiger partial charge in [-0.15, -0.1) is 10.2 Å². The van der Waals surface area contributed by atoms with Crippen LogP contribution in [0.3, 0.4) is 0 Å². The summed E-state index contributed by atoms with van der Waals surface area (Å²) in [6.07, 6.45) is 5.60. The minimum absolute atomic E-state index is 0.127. The van der Waals surface area contributed by atoms with E-state index in [4.69, 9.17) is 0 Å². The fraction of sp³-hybridized carbons (Fsp3) is 0.571. The monoisotopic (exact) mass is 449 g/mol. The summed E-state index contributed by atoms with van der Waals surface area (Å²) in [6, 6.07) is 2.73. The van der Waals surface area contributed by atoms with Crippen molar-refractivity contribution in [3.63, 3.8) is 0 Å². The molecular weight excluding hydrogens is 421 g/mol.